The van der Waals surface area contributed by atoms with Gasteiger partial charge in [-0.1, -0.05) is 41.4 Å². The third-order valence-corrected chi connectivity index (χ3v) is 4.66. The highest BCUT2D eigenvalue weighted by Gasteiger charge is 2.22. The van der Waals surface area contributed by atoms with Gasteiger partial charge in [0.05, 0.1) is 42.3 Å². The van der Waals surface area contributed by atoms with Gasteiger partial charge in [0.2, 0.25) is 0 Å². The molecule has 1 aromatic heterocycles. The number of aliphatic imine (C=N–C) groups is 1. The van der Waals surface area contributed by atoms with E-state index in [2.05, 4.69) is 4.98 Å². The summed E-state index contributed by atoms with van der Waals surface area (Å²) in [6.07, 6.45) is 1.54. The van der Waals surface area contributed by atoms with Crippen molar-refractivity contribution in [2.24, 2.45) is 4.99 Å². The number of fused-ring (bicyclic) bond motifs is 3. The first-order valence-corrected chi connectivity index (χ1v) is 9.61. The zero-order chi connectivity index (χ0) is 20.3. The Morgan fingerprint density at radius 3 is 2.50 bits per heavy atom. The highest BCUT2D eigenvalue weighted by atomic mass is 35.5. The number of hydrogen-bond donors (Lipinski definition) is 2. The van der Waals surface area contributed by atoms with Crippen molar-refractivity contribution in [1.82, 2.24) is 9.55 Å². The standard InChI is InChI=1S/C18H13Cl2N3O.C3H8O/c19-11-5-6-16-13(7-11)18(12-3-1-2-4-14(12)20)21-8-17-15(9-24)22-10-23(16)17;1-3(2)4/h1-7,10,24H,8-9H2;3-4H,1-2H3. The summed E-state index contributed by atoms with van der Waals surface area (Å²) in [7, 11) is 0. The maximum atomic E-state index is 9.53. The third-order valence-electron chi connectivity index (χ3n) is 4.09. The third kappa shape index (κ3) is 4.28. The second-order valence-corrected chi connectivity index (χ2v) is 7.41. The number of aromatic nitrogens is 2. The molecule has 2 N–H and O–H groups in total. The normalized spacial score (nSPS) is 12.5. The summed E-state index contributed by atoms with van der Waals surface area (Å²) < 4.78 is 1.95. The monoisotopic (exact) mass is 417 g/mol. The number of imidazole rings is 1. The summed E-state index contributed by atoms with van der Waals surface area (Å²) in [6, 6.07) is 13.2. The van der Waals surface area contributed by atoms with E-state index in [9.17, 15) is 5.11 Å². The Bertz CT molecular complexity index is 1010. The highest BCUT2D eigenvalue weighted by molar-refractivity contribution is 6.36. The quantitative estimate of drug-likeness (QED) is 0.648. The minimum Gasteiger partial charge on any atom is -0.394 e. The fraction of sp³-hybridized carbons (Fsp3) is 0.238. The summed E-state index contributed by atoms with van der Waals surface area (Å²) in [5.41, 5.74) is 4.93. The molecule has 1 aliphatic rings. The van der Waals surface area contributed by atoms with Crippen LogP contribution in [0.5, 0.6) is 0 Å². The molecule has 0 aliphatic carbocycles. The molecule has 0 spiro atoms. The molecule has 0 saturated carbocycles. The van der Waals surface area contributed by atoms with Crippen molar-refractivity contribution in [3.8, 4) is 5.69 Å². The van der Waals surface area contributed by atoms with Crippen LogP contribution in [0.1, 0.15) is 36.4 Å². The number of rotatable bonds is 2. The van der Waals surface area contributed by atoms with Crippen molar-refractivity contribution in [2.75, 3.05) is 0 Å². The van der Waals surface area contributed by atoms with Crippen molar-refractivity contribution in [2.45, 2.75) is 33.1 Å². The number of halogens is 2. The van der Waals surface area contributed by atoms with Gasteiger partial charge >= 0.3 is 0 Å². The first kappa shape index (κ1) is 20.6. The predicted octanol–water partition coefficient (Wildman–Crippen LogP) is 4.41. The Hall–Kier alpha value is -2.18. The maximum Gasteiger partial charge on any atom is 0.0999 e. The van der Waals surface area contributed by atoms with Crippen molar-refractivity contribution in [3.05, 3.63) is 81.4 Å². The first-order chi connectivity index (χ1) is 13.4. The van der Waals surface area contributed by atoms with Gasteiger partial charge in [-0.3, -0.25) is 4.99 Å². The minimum absolute atomic E-state index is 0.123. The van der Waals surface area contributed by atoms with Crippen LogP contribution in [0.4, 0.5) is 0 Å². The second kappa shape index (κ2) is 8.88. The van der Waals surface area contributed by atoms with E-state index in [-0.39, 0.29) is 12.7 Å². The molecule has 146 valence electrons. The van der Waals surface area contributed by atoms with Gasteiger partial charge in [-0.25, -0.2) is 4.98 Å². The molecule has 1 aliphatic heterocycles. The summed E-state index contributed by atoms with van der Waals surface area (Å²) >= 11 is 12.6. The molecular formula is C21H21Cl2N3O2. The van der Waals surface area contributed by atoms with Crippen molar-refractivity contribution < 1.29 is 10.2 Å². The molecule has 4 rings (SSSR count). The average molecular weight is 418 g/mol. The summed E-state index contributed by atoms with van der Waals surface area (Å²) in [5, 5.41) is 18.8. The minimum atomic E-state index is -0.167. The van der Waals surface area contributed by atoms with E-state index >= 15 is 0 Å². The van der Waals surface area contributed by atoms with E-state index in [1.54, 1.807) is 20.2 Å². The fourth-order valence-electron chi connectivity index (χ4n) is 2.95. The van der Waals surface area contributed by atoms with Crippen LogP contribution < -0.4 is 0 Å². The number of hydrogen-bond acceptors (Lipinski definition) is 4. The van der Waals surface area contributed by atoms with Gasteiger partial charge in [0.1, 0.15) is 0 Å². The molecular weight excluding hydrogens is 397 g/mol. The molecule has 0 amide bonds. The van der Waals surface area contributed by atoms with E-state index in [1.165, 1.54) is 0 Å². The lowest BCUT2D eigenvalue weighted by atomic mass is 10.0. The van der Waals surface area contributed by atoms with E-state index in [1.807, 2.05) is 47.0 Å². The molecule has 7 heteroatoms. The van der Waals surface area contributed by atoms with Crippen molar-refractivity contribution >= 4 is 28.9 Å². The molecule has 5 nitrogen and oxygen atoms in total. The van der Waals surface area contributed by atoms with Gasteiger partial charge in [0.15, 0.2) is 0 Å². The van der Waals surface area contributed by atoms with E-state index in [0.717, 1.165) is 28.2 Å². The molecule has 0 radical (unpaired) electrons. The number of aliphatic hydroxyl groups is 2. The number of nitrogens with zero attached hydrogens (tertiary/aromatic N) is 3. The molecule has 0 fully saturated rings. The summed E-state index contributed by atoms with van der Waals surface area (Å²) in [6.45, 7) is 3.73. The highest BCUT2D eigenvalue weighted by Crippen LogP contribution is 2.30. The predicted molar refractivity (Wildman–Crippen MR) is 113 cm³/mol. The topological polar surface area (TPSA) is 70.6 Å². The molecule has 2 aromatic carbocycles. The van der Waals surface area contributed by atoms with Crippen LogP contribution in [0, 0.1) is 0 Å². The zero-order valence-corrected chi connectivity index (χ0v) is 17.1. The van der Waals surface area contributed by atoms with Crippen molar-refractivity contribution in [3.63, 3.8) is 0 Å². The van der Waals surface area contributed by atoms with Crippen LogP contribution in [-0.2, 0) is 13.2 Å². The van der Waals surface area contributed by atoms with Gasteiger partial charge in [-0.15, -0.1) is 0 Å². The smallest absolute Gasteiger partial charge is 0.0999 e. The van der Waals surface area contributed by atoms with Crippen LogP contribution in [0.15, 0.2) is 53.8 Å². The molecule has 0 saturated heterocycles. The number of benzene rings is 2. The molecule has 3 aromatic rings. The van der Waals surface area contributed by atoms with Crippen LogP contribution in [0.3, 0.4) is 0 Å². The SMILES string of the molecule is CC(C)O.OCc1ncn2c1CN=C(c1ccccc1Cl)c1cc(Cl)ccc1-2. The Labute approximate surface area is 173 Å². The molecule has 28 heavy (non-hydrogen) atoms. The van der Waals surface area contributed by atoms with Gasteiger partial charge in [0.25, 0.3) is 0 Å². The Morgan fingerprint density at radius 1 is 1.11 bits per heavy atom. The molecule has 0 unspecified atom stereocenters. The van der Waals surface area contributed by atoms with Crippen LogP contribution >= 0.6 is 23.2 Å². The lowest BCUT2D eigenvalue weighted by Gasteiger charge is -2.13. The van der Waals surface area contributed by atoms with Gasteiger partial charge in [0, 0.05) is 27.3 Å². The first-order valence-electron chi connectivity index (χ1n) is 8.86. The molecule has 0 bridgehead atoms. The largest absolute Gasteiger partial charge is 0.394 e. The van der Waals surface area contributed by atoms with Crippen LogP contribution in [0.25, 0.3) is 5.69 Å². The maximum absolute atomic E-state index is 9.53. The van der Waals surface area contributed by atoms with Gasteiger partial charge in [-0.05, 0) is 38.1 Å². The average Bonchev–Trinajstić information content (AvgIpc) is 2.99. The lowest BCUT2D eigenvalue weighted by Crippen LogP contribution is -2.07. The lowest BCUT2D eigenvalue weighted by molar-refractivity contribution is 0.216. The summed E-state index contributed by atoms with van der Waals surface area (Å²) in [5.74, 6) is 0. The Kier molecular flexibility index (Phi) is 6.52. The molecule has 2 heterocycles. The van der Waals surface area contributed by atoms with Gasteiger partial charge in [-0.2, -0.15) is 0 Å². The number of aliphatic hydroxyl groups excluding tert-OH is 2. The Balaban J connectivity index is 0.000000516. The van der Waals surface area contributed by atoms with Gasteiger partial charge < -0.3 is 14.8 Å². The second-order valence-electron chi connectivity index (χ2n) is 6.57. The van der Waals surface area contributed by atoms with Crippen LogP contribution in [-0.4, -0.2) is 31.6 Å². The summed E-state index contributed by atoms with van der Waals surface area (Å²) in [4.78, 5) is 9.04. The van der Waals surface area contributed by atoms with Crippen LogP contribution in [0.2, 0.25) is 10.0 Å². The van der Waals surface area contributed by atoms with Crippen molar-refractivity contribution in [1.29, 1.82) is 0 Å². The Morgan fingerprint density at radius 2 is 1.82 bits per heavy atom. The van der Waals surface area contributed by atoms with E-state index in [0.29, 0.717) is 22.3 Å². The van der Waals surface area contributed by atoms with E-state index in [4.69, 9.17) is 33.3 Å². The zero-order valence-electron chi connectivity index (χ0n) is 15.6. The molecule has 0 atom stereocenters. The van der Waals surface area contributed by atoms with E-state index < -0.39 is 0 Å². The fourth-order valence-corrected chi connectivity index (χ4v) is 3.35.